The zero-order valence-corrected chi connectivity index (χ0v) is 8.80. The van der Waals surface area contributed by atoms with E-state index in [9.17, 15) is 0 Å². The van der Waals surface area contributed by atoms with Crippen LogP contribution in [0.25, 0.3) is 11.0 Å². The van der Waals surface area contributed by atoms with Crippen molar-refractivity contribution in [1.82, 2.24) is 9.97 Å². The summed E-state index contributed by atoms with van der Waals surface area (Å²) in [5.41, 5.74) is 1.25. The number of fused-ring (bicyclic) bond motifs is 1. The van der Waals surface area contributed by atoms with Gasteiger partial charge in [0.1, 0.15) is 5.52 Å². The van der Waals surface area contributed by atoms with E-state index in [1.54, 1.807) is 19.2 Å². The van der Waals surface area contributed by atoms with Crippen molar-refractivity contribution >= 4 is 34.2 Å². The smallest absolute Gasteiger partial charge is 0.213 e. The number of rotatable bonds is 1. The standard InChI is InChI=1S/C9H6Cl2N2O/c1-14-7-3-2-6-9(13-7)8(11)5(10)4-12-6/h2-4H,1H3. The summed E-state index contributed by atoms with van der Waals surface area (Å²) in [7, 11) is 1.54. The largest absolute Gasteiger partial charge is 0.481 e. The van der Waals surface area contributed by atoms with Crippen LogP contribution in [-0.4, -0.2) is 17.1 Å². The molecule has 72 valence electrons. The Labute approximate surface area is 90.6 Å². The molecule has 5 heteroatoms. The van der Waals surface area contributed by atoms with Crippen LogP contribution in [0.4, 0.5) is 0 Å². The maximum absolute atomic E-state index is 5.96. The SMILES string of the molecule is COc1ccc2ncc(Cl)c(Cl)c2n1. The Balaban J connectivity index is 2.78. The van der Waals surface area contributed by atoms with Crippen LogP contribution >= 0.6 is 23.2 Å². The molecule has 0 radical (unpaired) electrons. The Bertz CT molecular complexity index is 487. The quantitative estimate of drug-likeness (QED) is 0.753. The first-order chi connectivity index (χ1) is 6.72. The summed E-state index contributed by atoms with van der Waals surface area (Å²) in [6.07, 6.45) is 1.50. The van der Waals surface area contributed by atoms with Crippen LogP contribution in [0.15, 0.2) is 18.3 Å². The number of halogens is 2. The molecule has 2 rings (SSSR count). The van der Waals surface area contributed by atoms with Gasteiger partial charge in [0.05, 0.1) is 22.7 Å². The van der Waals surface area contributed by atoms with Gasteiger partial charge in [0.2, 0.25) is 5.88 Å². The van der Waals surface area contributed by atoms with Gasteiger partial charge < -0.3 is 4.74 Å². The van der Waals surface area contributed by atoms with Gasteiger partial charge in [-0.1, -0.05) is 23.2 Å². The van der Waals surface area contributed by atoms with Crippen molar-refractivity contribution in [3.05, 3.63) is 28.4 Å². The van der Waals surface area contributed by atoms with E-state index < -0.39 is 0 Å². The summed E-state index contributed by atoms with van der Waals surface area (Å²) in [5.74, 6) is 0.489. The van der Waals surface area contributed by atoms with E-state index in [2.05, 4.69) is 9.97 Å². The number of ether oxygens (including phenoxy) is 1. The highest BCUT2D eigenvalue weighted by molar-refractivity contribution is 6.44. The Morgan fingerprint density at radius 2 is 2.07 bits per heavy atom. The highest BCUT2D eigenvalue weighted by atomic mass is 35.5. The summed E-state index contributed by atoms with van der Waals surface area (Å²) >= 11 is 11.8. The van der Waals surface area contributed by atoms with Crippen molar-refractivity contribution < 1.29 is 4.74 Å². The summed E-state index contributed by atoms with van der Waals surface area (Å²) in [6.45, 7) is 0. The van der Waals surface area contributed by atoms with Crippen LogP contribution in [0.2, 0.25) is 10.0 Å². The van der Waals surface area contributed by atoms with Crippen LogP contribution in [0.3, 0.4) is 0 Å². The van der Waals surface area contributed by atoms with Gasteiger partial charge in [-0.05, 0) is 6.07 Å². The number of hydrogen-bond acceptors (Lipinski definition) is 3. The fourth-order valence-corrected chi connectivity index (χ4v) is 1.44. The molecular formula is C9H6Cl2N2O. The van der Waals surface area contributed by atoms with E-state index in [-0.39, 0.29) is 0 Å². The third kappa shape index (κ3) is 1.49. The lowest BCUT2D eigenvalue weighted by atomic mass is 10.3. The number of aromatic nitrogens is 2. The van der Waals surface area contributed by atoms with E-state index in [0.717, 1.165) is 0 Å². The molecule has 0 aliphatic heterocycles. The van der Waals surface area contributed by atoms with Gasteiger partial charge in [-0.15, -0.1) is 0 Å². The topological polar surface area (TPSA) is 35.0 Å². The zero-order valence-electron chi connectivity index (χ0n) is 7.29. The molecule has 0 bridgehead atoms. The van der Waals surface area contributed by atoms with Crippen molar-refractivity contribution in [1.29, 1.82) is 0 Å². The molecular weight excluding hydrogens is 223 g/mol. The van der Waals surface area contributed by atoms with E-state index in [1.807, 2.05) is 0 Å². The Kier molecular flexibility index (Phi) is 2.44. The maximum Gasteiger partial charge on any atom is 0.213 e. The van der Waals surface area contributed by atoms with E-state index in [4.69, 9.17) is 27.9 Å². The molecule has 3 nitrogen and oxygen atoms in total. The first-order valence-electron chi connectivity index (χ1n) is 3.87. The molecule has 2 aromatic rings. The Hall–Kier alpha value is -1.06. The summed E-state index contributed by atoms with van der Waals surface area (Å²) in [4.78, 5) is 8.24. The van der Waals surface area contributed by atoms with Crippen molar-refractivity contribution in [2.75, 3.05) is 7.11 Å². The lowest BCUT2D eigenvalue weighted by molar-refractivity contribution is 0.399. The first-order valence-corrected chi connectivity index (χ1v) is 4.62. The van der Waals surface area contributed by atoms with Gasteiger partial charge in [0.15, 0.2) is 0 Å². The summed E-state index contributed by atoms with van der Waals surface area (Å²) < 4.78 is 4.98. The van der Waals surface area contributed by atoms with Gasteiger partial charge >= 0.3 is 0 Å². The predicted molar refractivity (Wildman–Crippen MR) is 56.1 cm³/mol. The first kappa shape index (κ1) is 9.49. The molecule has 0 saturated carbocycles. The molecule has 2 heterocycles. The lowest BCUT2D eigenvalue weighted by Gasteiger charge is -2.03. The highest BCUT2D eigenvalue weighted by Crippen LogP contribution is 2.28. The van der Waals surface area contributed by atoms with Gasteiger partial charge in [-0.3, -0.25) is 4.98 Å². The van der Waals surface area contributed by atoms with Crippen molar-refractivity contribution in [2.24, 2.45) is 0 Å². The molecule has 14 heavy (non-hydrogen) atoms. The van der Waals surface area contributed by atoms with Crippen LogP contribution in [0.5, 0.6) is 5.88 Å². The molecule has 0 fully saturated rings. The van der Waals surface area contributed by atoms with Gasteiger partial charge in [-0.25, -0.2) is 4.98 Å². The normalized spacial score (nSPS) is 10.5. The Morgan fingerprint density at radius 3 is 2.79 bits per heavy atom. The number of nitrogens with zero attached hydrogens (tertiary/aromatic N) is 2. The molecule has 0 saturated heterocycles. The molecule has 0 aliphatic carbocycles. The zero-order chi connectivity index (χ0) is 10.1. The molecule has 0 atom stereocenters. The fourth-order valence-electron chi connectivity index (χ4n) is 1.11. The van der Waals surface area contributed by atoms with Crippen LogP contribution < -0.4 is 4.74 Å². The molecule has 0 aromatic carbocycles. The second-order valence-corrected chi connectivity index (χ2v) is 3.43. The van der Waals surface area contributed by atoms with Crippen LogP contribution in [0.1, 0.15) is 0 Å². The molecule has 0 spiro atoms. The van der Waals surface area contributed by atoms with E-state index in [1.165, 1.54) is 6.20 Å². The van der Waals surface area contributed by atoms with E-state index >= 15 is 0 Å². The predicted octanol–water partition coefficient (Wildman–Crippen LogP) is 2.95. The van der Waals surface area contributed by atoms with Gasteiger partial charge in [0, 0.05) is 12.3 Å². The number of hydrogen-bond donors (Lipinski definition) is 0. The minimum atomic E-state index is 0.389. The third-order valence-corrected chi connectivity index (χ3v) is 2.56. The minimum Gasteiger partial charge on any atom is -0.481 e. The van der Waals surface area contributed by atoms with Crippen molar-refractivity contribution in [2.45, 2.75) is 0 Å². The van der Waals surface area contributed by atoms with Crippen LogP contribution in [0, 0.1) is 0 Å². The number of pyridine rings is 2. The summed E-state index contributed by atoms with van der Waals surface area (Å²) in [6, 6.07) is 3.50. The minimum absolute atomic E-state index is 0.389. The number of methoxy groups -OCH3 is 1. The third-order valence-electron chi connectivity index (χ3n) is 1.79. The molecule has 0 amide bonds. The van der Waals surface area contributed by atoms with Crippen molar-refractivity contribution in [3.63, 3.8) is 0 Å². The van der Waals surface area contributed by atoms with Crippen molar-refractivity contribution in [3.8, 4) is 5.88 Å². The molecule has 0 unspecified atom stereocenters. The molecule has 0 N–H and O–H groups in total. The van der Waals surface area contributed by atoms with Gasteiger partial charge in [-0.2, -0.15) is 0 Å². The fraction of sp³-hybridized carbons (Fsp3) is 0.111. The maximum atomic E-state index is 5.96. The second kappa shape index (κ2) is 3.59. The molecule has 0 aliphatic rings. The monoisotopic (exact) mass is 228 g/mol. The average Bonchev–Trinajstić information content (AvgIpc) is 2.23. The second-order valence-electron chi connectivity index (χ2n) is 2.64. The van der Waals surface area contributed by atoms with Gasteiger partial charge in [0.25, 0.3) is 0 Å². The summed E-state index contributed by atoms with van der Waals surface area (Å²) in [5, 5.41) is 0.787. The Morgan fingerprint density at radius 1 is 1.29 bits per heavy atom. The average molecular weight is 229 g/mol. The lowest BCUT2D eigenvalue weighted by Crippen LogP contribution is -1.90. The van der Waals surface area contributed by atoms with Crippen LogP contribution in [-0.2, 0) is 0 Å². The molecule has 2 aromatic heterocycles. The highest BCUT2D eigenvalue weighted by Gasteiger charge is 2.07. The van der Waals surface area contributed by atoms with E-state index in [0.29, 0.717) is 27.0 Å².